The summed E-state index contributed by atoms with van der Waals surface area (Å²) in [5, 5.41) is 9.73. The number of aliphatic hydroxyl groups is 1. The smallest absolute Gasteiger partial charge is 0.0491 e. The van der Waals surface area contributed by atoms with Crippen LogP contribution < -0.4 is 4.90 Å². The van der Waals surface area contributed by atoms with E-state index >= 15 is 0 Å². The first-order valence-electron chi connectivity index (χ1n) is 7.51. The van der Waals surface area contributed by atoms with Gasteiger partial charge in [0.05, 0.1) is 0 Å². The summed E-state index contributed by atoms with van der Waals surface area (Å²) in [6.45, 7) is 6.93. The number of nitrogens with zero attached hydrogens (tertiary/aromatic N) is 2. The minimum atomic E-state index is 0.305. The molecule has 2 atom stereocenters. The van der Waals surface area contributed by atoms with Crippen LogP contribution in [0.15, 0.2) is 24.3 Å². The summed E-state index contributed by atoms with van der Waals surface area (Å²) in [5.74, 6) is 0.389. The zero-order valence-corrected chi connectivity index (χ0v) is 11.8. The summed E-state index contributed by atoms with van der Waals surface area (Å²) in [5.41, 5.74) is 2.87. The van der Waals surface area contributed by atoms with Crippen molar-refractivity contribution in [3.05, 3.63) is 29.8 Å². The van der Waals surface area contributed by atoms with Crippen LogP contribution in [-0.4, -0.2) is 48.8 Å². The Bertz CT molecular complexity index is 435. The molecule has 0 aromatic heterocycles. The van der Waals surface area contributed by atoms with E-state index < -0.39 is 0 Å². The fraction of sp³-hybridized carbons (Fsp3) is 0.625. The van der Waals surface area contributed by atoms with Crippen molar-refractivity contribution in [3.8, 4) is 0 Å². The Hall–Kier alpha value is -1.06. The van der Waals surface area contributed by atoms with Gasteiger partial charge in [-0.2, -0.15) is 0 Å². The van der Waals surface area contributed by atoms with Gasteiger partial charge in [-0.05, 0) is 31.0 Å². The van der Waals surface area contributed by atoms with Crippen molar-refractivity contribution in [3.63, 3.8) is 0 Å². The van der Waals surface area contributed by atoms with Gasteiger partial charge in [0, 0.05) is 43.9 Å². The predicted octanol–water partition coefficient (Wildman–Crippen LogP) is 1.75. The number of benzene rings is 1. The molecule has 0 saturated carbocycles. The van der Waals surface area contributed by atoms with Crippen LogP contribution >= 0.6 is 0 Å². The van der Waals surface area contributed by atoms with Crippen LogP contribution in [0.2, 0.25) is 0 Å². The van der Waals surface area contributed by atoms with Gasteiger partial charge in [0.1, 0.15) is 0 Å². The largest absolute Gasteiger partial charge is 0.396 e. The van der Waals surface area contributed by atoms with E-state index in [2.05, 4.69) is 41.0 Å². The Labute approximate surface area is 115 Å². The highest BCUT2D eigenvalue weighted by molar-refractivity contribution is 5.58. The minimum absolute atomic E-state index is 0.305. The molecule has 3 nitrogen and oxygen atoms in total. The monoisotopic (exact) mass is 260 g/mol. The van der Waals surface area contributed by atoms with Gasteiger partial charge in [-0.25, -0.2) is 0 Å². The Morgan fingerprint density at radius 2 is 2.11 bits per heavy atom. The lowest BCUT2D eigenvalue weighted by Crippen LogP contribution is -2.52. The quantitative estimate of drug-likeness (QED) is 0.897. The maximum absolute atomic E-state index is 9.73. The lowest BCUT2D eigenvalue weighted by atomic mass is 9.91. The summed E-state index contributed by atoms with van der Waals surface area (Å²) in [6, 6.07) is 9.25. The first kappa shape index (κ1) is 12.9. The molecule has 2 aliphatic heterocycles. The van der Waals surface area contributed by atoms with Gasteiger partial charge in [-0.1, -0.05) is 25.1 Å². The zero-order valence-electron chi connectivity index (χ0n) is 11.8. The van der Waals surface area contributed by atoms with Gasteiger partial charge in [0.2, 0.25) is 0 Å². The van der Waals surface area contributed by atoms with Crippen molar-refractivity contribution in [2.45, 2.75) is 25.8 Å². The molecule has 2 heterocycles. The number of hydrogen-bond donors (Lipinski definition) is 1. The van der Waals surface area contributed by atoms with Crippen LogP contribution in [0, 0.1) is 5.92 Å². The summed E-state index contributed by atoms with van der Waals surface area (Å²) in [4.78, 5) is 5.00. The fourth-order valence-corrected chi connectivity index (χ4v) is 3.68. The normalized spacial score (nSPS) is 27.6. The molecule has 0 amide bonds. The van der Waals surface area contributed by atoms with E-state index in [9.17, 15) is 5.11 Å². The van der Waals surface area contributed by atoms with E-state index in [0.29, 0.717) is 18.6 Å². The Morgan fingerprint density at radius 1 is 1.26 bits per heavy atom. The summed E-state index contributed by atoms with van der Waals surface area (Å²) in [6.07, 6.45) is 2.33. The van der Waals surface area contributed by atoms with E-state index in [1.165, 1.54) is 17.7 Å². The zero-order chi connectivity index (χ0) is 13.2. The van der Waals surface area contributed by atoms with E-state index in [0.717, 1.165) is 32.6 Å². The molecule has 1 saturated heterocycles. The van der Waals surface area contributed by atoms with Crippen molar-refractivity contribution in [2.75, 3.05) is 37.7 Å². The number of rotatable bonds is 3. The molecule has 0 radical (unpaired) electrons. The van der Waals surface area contributed by atoms with Crippen LogP contribution in [0.5, 0.6) is 0 Å². The van der Waals surface area contributed by atoms with Gasteiger partial charge in [0.15, 0.2) is 0 Å². The van der Waals surface area contributed by atoms with E-state index in [1.54, 1.807) is 0 Å². The molecule has 1 N–H and O–H groups in total. The van der Waals surface area contributed by atoms with Crippen molar-refractivity contribution in [1.82, 2.24) is 4.90 Å². The Kier molecular flexibility index (Phi) is 3.76. The predicted molar refractivity (Wildman–Crippen MR) is 78.6 cm³/mol. The van der Waals surface area contributed by atoms with Crippen LogP contribution in [0.25, 0.3) is 0 Å². The average Bonchev–Trinajstić information content (AvgIpc) is 2.90. The number of anilines is 1. The minimum Gasteiger partial charge on any atom is -0.396 e. The van der Waals surface area contributed by atoms with E-state index in [-0.39, 0.29) is 0 Å². The third-order valence-electron chi connectivity index (χ3n) is 4.78. The van der Waals surface area contributed by atoms with E-state index in [1.807, 2.05) is 0 Å². The van der Waals surface area contributed by atoms with Gasteiger partial charge in [0.25, 0.3) is 0 Å². The molecule has 1 fully saturated rings. The molecule has 3 rings (SSSR count). The van der Waals surface area contributed by atoms with Crippen LogP contribution in [-0.2, 0) is 6.42 Å². The second-order valence-corrected chi connectivity index (χ2v) is 5.76. The lowest BCUT2D eigenvalue weighted by Gasteiger charge is -2.43. The second kappa shape index (κ2) is 5.51. The second-order valence-electron chi connectivity index (χ2n) is 5.76. The molecule has 1 aromatic rings. The molecule has 0 unspecified atom stereocenters. The van der Waals surface area contributed by atoms with Gasteiger partial charge in [-0.15, -0.1) is 0 Å². The molecule has 0 aliphatic carbocycles. The third kappa shape index (κ3) is 2.37. The number of piperidine rings is 1. The van der Waals surface area contributed by atoms with Crippen molar-refractivity contribution < 1.29 is 5.11 Å². The SMILES string of the molecule is CCN1CC[C@H](N2CCc3ccccc32)[C@@H](CO)C1. The van der Waals surface area contributed by atoms with Crippen LogP contribution in [0.1, 0.15) is 18.9 Å². The highest BCUT2D eigenvalue weighted by Gasteiger charge is 2.35. The maximum Gasteiger partial charge on any atom is 0.0491 e. The van der Waals surface area contributed by atoms with Crippen molar-refractivity contribution >= 4 is 5.69 Å². The standard InChI is InChI=1S/C16H24N2O/c1-2-17-9-8-16(14(11-17)12-19)18-10-7-13-5-3-4-6-15(13)18/h3-6,14,16,19H,2,7-12H2,1H3/t14-,16+/m1/s1. The Balaban J connectivity index is 1.79. The highest BCUT2D eigenvalue weighted by Crippen LogP contribution is 2.34. The molecule has 104 valence electrons. The fourth-order valence-electron chi connectivity index (χ4n) is 3.68. The molecule has 0 bridgehead atoms. The van der Waals surface area contributed by atoms with Crippen molar-refractivity contribution in [1.29, 1.82) is 0 Å². The molecular weight excluding hydrogens is 236 g/mol. The molecule has 0 spiro atoms. The van der Waals surface area contributed by atoms with Gasteiger partial charge >= 0.3 is 0 Å². The highest BCUT2D eigenvalue weighted by atomic mass is 16.3. The summed E-state index contributed by atoms with van der Waals surface area (Å²) >= 11 is 0. The summed E-state index contributed by atoms with van der Waals surface area (Å²) < 4.78 is 0. The third-order valence-corrected chi connectivity index (χ3v) is 4.78. The van der Waals surface area contributed by atoms with E-state index in [4.69, 9.17) is 0 Å². The summed E-state index contributed by atoms with van der Waals surface area (Å²) in [7, 11) is 0. The molecule has 2 aliphatic rings. The first-order valence-corrected chi connectivity index (χ1v) is 7.51. The number of likely N-dealkylation sites (tertiary alicyclic amines) is 1. The molecular formula is C16H24N2O. The van der Waals surface area contributed by atoms with Gasteiger partial charge in [-0.3, -0.25) is 0 Å². The average molecular weight is 260 g/mol. The van der Waals surface area contributed by atoms with Crippen LogP contribution in [0.3, 0.4) is 0 Å². The molecule has 19 heavy (non-hydrogen) atoms. The Morgan fingerprint density at radius 3 is 2.89 bits per heavy atom. The molecule has 3 heteroatoms. The first-order chi connectivity index (χ1) is 9.33. The van der Waals surface area contributed by atoms with Crippen LogP contribution in [0.4, 0.5) is 5.69 Å². The number of fused-ring (bicyclic) bond motifs is 1. The number of para-hydroxylation sites is 1. The van der Waals surface area contributed by atoms with Crippen molar-refractivity contribution in [2.24, 2.45) is 5.92 Å². The lowest BCUT2D eigenvalue weighted by molar-refractivity contribution is 0.104. The van der Waals surface area contributed by atoms with Gasteiger partial charge < -0.3 is 14.9 Å². The maximum atomic E-state index is 9.73. The number of hydrogen-bond acceptors (Lipinski definition) is 3. The number of aliphatic hydroxyl groups excluding tert-OH is 1. The molecule has 1 aromatic carbocycles. The topological polar surface area (TPSA) is 26.7 Å².